The number of fused-ring (bicyclic) bond motifs is 1. The molecule has 5 nitrogen and oxygen atoms in total. The molecule has 1 amide bonds. The molecule has 0 aliphatic carbocycles. The van der Waals surface area contributed by atoms with Crippen LogP contribution in [-0.4, -0.2) is 28.6 Å². The van der Waals surface area contributed by atoms with Crippen LogP contribution in [0, 0.1) is 6.92 Å². The number of nitrogens with zero attached hydrogens (tertiary/aromatic N) is 2. The van der Waals surface area contributed by atoms with E-state index in [0.717, 1.165) is 59.5 Å². The van der Waals surface area contributed by atoms with E-state index in [-0.39, 0.29) is 5.91 Å². The van der Waals surface area contributed by atoms with Gasteiger partial charge in [0.25, 0.3) is 5.91 Å². The van der Waals surface area contributed by atoms with E-state index >= 15 is 0 Å². The maximum absolute atomic E-state index is 12.6. The highest BCUT2D eigenvalue weighted by atomic mass is 16.5. The maximum Gasteiger partial charge on any atom is 0.251 e. The molecule has 1 N–H and O–H groups in total. The van der Waals surface area contributed by atoms with Crippen molar-refractivity contribution >= 4 is 16.9 Å². The van der Waals surface area contributed by atoms with E-state index in [2.05, 4.69) is 60.1 Å². The Morgan fingerprint density at radius 1 is 1.00 bits per heavy atom. The molecule has 0 saturated carbocycles. The largest absolute Gasteiger partial charge is 0.494 e. The molecule has 36 heavy (non-hydrogen) atoms. The molecule has 1 unspecified atom stereocenters. The molecule has 0 bridgehead atoms. The number of rotatable bonds is 12. The molecule has 4 rings (SSSR count). The van der Waals surface area contributed by atoms with Crippen LogP contribution in [0.2, 0.25) is 0 Å². The van der Waals surface area contributed by atoms with Gasteiger partial charge in [-0.25, -0.2) is 4.98 Å². The monoisotopic (exact) mass is 483 g/mol. The Balaban J connectivity index is 1.30. The predicted molar refractivity (Wildman–Crippen MR) is 147 cm³/mol. The lowest BCUT2D eigenvalue weighted by atomic mass is 9.99. The molecule has 3 aromatic carbocycles. The van der Waals surface area contributed by atoms with Crippen LogP contribution < -0.4 is 10.1 Å². The number of unbranched alkanes of at least 4 members (excludes halogenated alkanes) is 1. The third kappa shape index (κ3) is 6.34. The highest BCUT2D eigenvalue weighted by molar-refractivity contribution is 5.95. The summed E-state index contributed by atoms with van der Waals surface area (Å²) in [6.45, 7) is 8.54. The number of nitrogens with one attached hydrogen (secondary N) is 1. The van der Waals surface area contributed by atoms with Crippen LogP contribution in [0.4, 0.5) is 0 Å². The summed E-state index contributed by atoms with van der Waals surface area (Å²) >= 11 is 0. The lowest BCUT2D eigenvalue weighted by Gasteiger charge is -2.12. The first-order chi connectivity index (χ1) is 17.6. The van der Waals surface area contributed by atoms with Crippen molar-refractivity contribution in [2.75, 3.05) is 13.2 Å². The molecule has 0 fully saturated rings. The fraction of sp³-hybridized carbons (Fsp3) is 0.355. The van der Waals surface area contributed by atoms with Crippen molar-refractivity contribution in [3.05, 3.63) is 95.3 Å². The van der Waals surface area contributed by atoms with Crippen LogP contribution in [0.25, 0.3) is 11.0 Å². The average molecular weight is 484 g/mol. The highest BCUT2D eigenvalue weighted by Crippen LogP contribution is 2.22. The van der Waals surface area contributed by atoms with Crippen molar-refractivity contribution < 1.29 is 9.53 Å². The molecule has 0 spiro atoms. The molecule has 1 heterocycles. The lowest BCUT2D eigenvalue weighted by Crippen LogP contribution is -2.27. The Hall–Kier alpha value is -3.60. The standard InChI is InChI=1S/C31H37N3O2/c1-4-23(2)25-15-17-26(18-16-25)36-22-10-9-21-34-29-14-8-7-13-28(29)33-30(34)19-20-32-31(35)27-12-6-5-11-24(27)3/h5-8,11-18,23H,4,9-10,19-22H2,1-3H3,(H,32,35). The van der Waals surface area contributed by atoms with Crippen LogP contribution in [0.1, 0.15) is 66.3 Å². The number of hydrogen-bond acceptors (Lipinski definition) is 3. The molecule has 1 aromatic heterocycles. The van der Waals surface area contributed by atoms with Crippen molar-refractivity contribution in [3.63, 3.8) is 0 Å². The Morgan fingerprint density at radius 2 is 1.75 bits per heavy atom. The van der Waals surface area contributed by atoms with Crippen molar-refractivity contribution in [1.82, 2.24) is 14.9 Å². The number of para-hydroxylation sites is 2. The topological polar surface area (TPSA) is 56.1 Å². The lowest BCUT2D eigenvalue weighted by molar-refractivity contribution is 0.0953. The van der Waals surface area contributed by atoms with Gasteiger partial charge in [-0.3, -0.25) is 4.79 Å². The number of amides is 1. The Bertz CT molecular complexity index is 1280. The number of benzene rings is 3. The van der Waals surface area contributed by atoms with E-state index in [1.165, 1.54) is 5.56 Å². The molecule has 0 saturated heterocycles. The van der Waals surface area contributed by atoms with Crippen LogP contribution in [-0.2, 0) is 13.0 Å². The van der Waals surface area contributed by atoms with Crippen molar-refractivity contribution in [2.45, 2.75) is 58.9 Å². The summed E-state index contributed by atoms with van der Waals surface area (Å²) in [4.78, 5) is 17.4. The smallest absolute Gasteiger partial charge is 0.251 e. The minimum Gasteiger partial charge on any atom is -0.494 e. The number of ether oxygens (including phenoxy) is 1. The van der Waals surface area contributed by atoms with Gasteiger partial charge in [0.15, 0.2) is 0 Å². The van der Waals surface area contributed by atoms with E-state index in [9.17, 15) is 4.79 Å². The van der Waals surface area contributed by atoms with Crippen LogP contribution >= 0.6 is 0 Å². The normalized spacial score (nSPS) is 12.0. The zero-order valence-corrected chi connectivity index (χ0v) is 21.7. The summed E-state index contributed by atoms with van der Waals surface area (Å²) in [6.07, 6.45) is 3.78. The summed E-state index contributed by atoms with van der Waals surface area (Å²) in [7, 11) is 0. The van der Waals surface area contributed by atoms with E-state index in [4.69, 9.17) is 9.72 Å². The van der Waals surface area contributed by atoms with E-state index in [1.807, 2.05) is 43.3 Å². The Morgan fingerprint density at radius 3 is 2.53 bits per heavy atom. The van der Waals surface area contributed by atoms with Crippen molar-refractivity contribution in [2.24, 2.45) is 0 Å². The van der Waals surface area contributed by atoms with Gasteiger partial charge in [0.2, 0.25) is 0 Å². The first kappa shape index (κ1) is 25.5. The van der Waals surface area contributed by atoms with Gasteiger partial charge in [0, 0.05) is 25.1 Å². The zero-order valence-electron chi connectivity index (χ0n) is 21.7. The second-order valence-electron chi connectivity index (χ2n) is 9.42. The summed E-state index contributed by atoms with van der Waals surface area (Å²) in [5.74, 6) is 2.47. The minimum absolute atomic E-state index is 0.0369. The summed E-state index contributed by atoms with van der Waals surface area (Å²) in [5.41, 5.74) is 5.20. The maximum atomic E-state index is 12.6. The number of aryl methyl sites for hydroxylation is 2. The van der Waals surface area contributed by atoms with Gasteiger partial charge < -0.3 is 14.6 Å². The molecule has 1 atom stereocenters. The van der Waals surface area contributed by atoms with Crippen LogP contribution in [0.5, 0.6) is 5.75 Å². The quantitative estimate of drug-likeness (QED) is 0.228. The Kier molecular flexibility index (Phi) is 8.77. The number of hydrogen-bond donors (Lipinski definition) is 1. The summed E-state index contributed by atoms with van der Waals surface area (Å²) in [5, 5.41) is 3.06. The van der Waals surface area contributed by atoms with Gasteiger partial charge in [-0.1, -0.05) is 56.3 Å². The van der Waals surface area contributed by atoms with E-state index < -0.39 is 0 Å². The second-order valence-corrected chi connectivity index (χ2v) is 9.42. The highest BCUT2D eigenvalue weighted by Gasteiger charge is 2.12. The molecule has 4 aromatic rings. The number of aromatic nitrogens is 2. The summed E-state index contributed by atoms with van der Waals surface area (Å²) in [6, 6.07) is 24.4. The SMILES string of the molecule is CCC(C)c1ccc(OCCCCn2c(CCNC(=O)c3ccccc3C)nc3ccccc32)cc1. The third-order valence-electron chi connectivity index (χ3n) is 6.86. The first-order valence-corrected chi connectivity index (χ1v) is 13.1. The molecule has 0 aliphatic heterocycles. The number of carbonyl (C=O) groups excluding carboxylic acids is 1. The van der Waals surface area contributed by atoms with Gasteiger partial charge in [0.05, 0.1) is 17.6 Å². The van der Waals surface area contributed by atoms with Crippen LogP contribution in [0.3, 0.4) is 0 Å². The fourth-order valence-electron chi connectivity index (χ4n) is 4.47. The third-order valence-corrected chi connectivity index (χ3v) is 6.86. The van der Waals surface area contributed by atoms with Gasteiger partial charge in [-0.2, -0.15) is 0 Å². The first-order valence-electron chi connectivity index (χ1n) is 13.1. The number of imidazole rings is 1. The molecular weight excluding hydrogens is 446 g/mol. The van der Waals surface area contributed by atoms with E-state index in [0.29, 0.717) is 25.5 Å². The second kappa shape index (κ2) is 12.4. The molecule has 5 heteroatoms. The zero-order chi connectivity index (χ0) is 25.3. The fourth-order valence-corrected chi connectivity index (χ4v) is 4.47. The molecule has 0 radical (unpaired) electrons. The predicted octanol–water partition coefficient (Wildman–Crippen LogP) is 6.69. The van der Waals surface area contributed by atoms with Gasteiger partial charge in [-0.05, 0) is 73.6 Å². The molecular formula is C31H37N3O2. The van der Waals surface area contributed by atoms with Crippen LogP contribution in [0.15, 0.2) is 72.8 Å². The van der Waals surface area contributed by atoms with Gasteiger partial charge in [0.1, 0.15) is 11.6 Å². The Labute approximate surface area is 214 Å². The minimum atomic E-state index is -0.0369. The van der Waals surface area contributed by atoms with Gasteiger partial charge in [-0.15, -0.1) is 0 Å². The summed E-state index contributed by atoms with van der Waals surface area (Å²) < 4.78 is 8.27. The average Bonchev–Trinajstić information content (AvgIpc) is 3.25. The van der Waals surface area contributed by atoms with Gasteiger partial charge >= 0.3 is 0 Å². The molecule has 188 valence electrons. The number of carbonyl (C=O) groups is 1. The van der Waals surface area contributed by atoms with E-state index in [1.54, 1.807) is 0 Å². The van der Waals surface area contributed by atoms with Crippen molar-refractivity contribution in [1.29, 1.82) is 0 Å². The van der Waals surface area contributed by atoms with Crippen molar-refractivity contribution in [3.8, 4) is 5.75 Å². The molecule has 0 aliphatic rings.